The van der Waals surface area contributed by atoms with Crippen LogP contribution in [0.4, 0.5) is 10.1 Å². The SMILES string of the molecule is Cc1ccc(NC(=O)COC(=O)c2ccc(F)cc2Cl)c(C)c1. The molecule has 0 radical (unpaired) electrons. The highest BCUT2D eigenvalue weighted by atomic mass is 35.5. The zero-order chi connectivity index (χ0) is 17.0. The second-order valence-electron chi connectivity index (χ2n) is 5.07. The number of ether oxygens (including phenoxy) is 1. The summed E-state index contributed by atoms with van der Waals surface area (Å²) in [5.74, 6) is -1.81. The molecule has 1 N–H and O–H groups in total. The molecule has 0 fully saturated rings. The molecule has 23 heavy (non-hydrogen) atoms. The monoisotopic (exact) mass is 335 g/mol. The third-order valence-corrected chi connectivity index (χ3v) is 3.45. The van der Waals surface area contributed by atoms with Crippen molar-refractivity contribution in [1.82, 2.24) is 0 Å². The average Bonchev–Trinajstić information content (AvgIpc) is 2.48. The number of carbonyl (C=O) groups excluding carboxylic acids is 2. The van der Waals surface area contributed by atoms with E-state index in [4.69, 9.17) is 16.3 Å². The van der Waals surface area contributed by atoms with Crippen molar-refractivity contribution in [2.45, 2.75) is 13.8 Å². The maximum atomic E-state index is 12.9. The Kier molecular flexibility index (Phi) is 5.34. The van der Waals surface area contributed by atoms with Crippen LogP contribution in [0, 0.1) is 19.7 Å². The minimum Gasteiger partial charge on any atom is -0.452 e. The lowest BCUT2D eigenvalue weighted by atomic mass is 10.1. The van der Waals surface area contributed by atoms with Crippen molar-refractivity contribution in [3.8, 4) is 0 Å². The normalized spacial score (nSPS) is 10.3. The summed E-state index contributed by atoms with van der Waals surface area (Å²) >= 11 is 5.76. The Morgan fingerprint density at radius 1 is 1.17 bits per heavy atom. The largest absolute Gasteiger partial charge is 0.452 e. The predicted molar refractivity (Wildman–Crippen MR) is 86.2 cm³/mol. The Bertz CT molecular complexity index is 761. The van der Waals surface area contributed by atoms with Crippen LogP contribution in [0.5, 0.6) is 0 Å². The fourth-order valence-electron chi connectivity index (χ4n) is 2.00. The predicted octanol–water partition coefficient (Wildman–Crippen LogP) is 3.89. The smallest absolute Gasteiger partial charge is 0.340 e. The summed E-state index contributed by atoms with van der Waals surface area (Å²) in [5.41, 5.74) is 2.65. The van der Waals surface area contributed by atoms with Gasteiger partial charge in [0, 0.05) is 5.69 Å². The van der Waals surface area contributed by atoms with Crippen molar-refractivity contribution in [3.05, 3.63) is 63.9 Å². The number of anilines is 1. The van der Waals surface area contributed by atoms with Crippen molar-refractivity contribution >= 4 is 29.2 Å². The third-order valence-electron chi connectivity index (χ3n) is 3.14. The van der Waals surface area contributed by atoms with E-state index in [1.165, 1.54) is 6.07 Å². The van der Waals surface area contributed by atoms with Gasteiger partial charge in [0.25, 0.3) is 5.91 Å². The van der Waals surface area contributed by atoms with E-state index < -0.39 is 24.3 Å². The zero-order valence-electron chi connectivity index (χ0n) is 12.7. The summed E-state index contributed by atoms with van der Waals surface area (Å²) in [4.78, 5) is 23.7. The third kappa shape index (κ3) is 4.53. The van der Waals surface area contributed by atoms with Gasteiger partial charge in [-0.1, -0.05) is 29.3 Å². The molecule has 2 aromatic rings. The van der Waals surface area contributed by atoms with Crippen LogP contribution in [0.2, 0.25) is 5.02 Å². The molecule has 4 nitrogen and oxygen atoms in total. The Balaban J connectivity index is 1.94. The second kappa shape index (κ2) is 7.24. The Labute approximate surface area is 138 Å². The van der Waals surface area contributed by atoms with Crippen molar-refractivity contribution in [3.63, 3.8) is 0 Å². The Hall–Kier alpha value is -2.40. The molecule has 0 heterocycles. The van der Waals surface area contributed by atoms with Crippen LogP contribution in [0.25, 0.3) is 0 Å². The van der Waals surface area contributed by atoms with Crippen molar-refractivity contribution in [2.24, 2.45) is 0 Å². The zero-order valence-corrected chi connectivity index (χ0v) is 13.4. The van der Waals surface area contributed by atoms with E-state index >= 15 is 0 Å². The van der Waals surface area contributed by atoms with Gasteiger partial charge in [0.1, 0.15) is 5.82 Å². The highest BCUT2D eigenvalue weighted by molar-refractivity contribution is 6.33. The summed E-state index contributed by atoms with van der Waals surface area (Å²) in [5, 5.41) is 2.59. The van der Waals surface area contributed by atoms with E-state index in [-0.39, 0.29) is 10.6 Å². The fourth-order valence-corrected chi connectivity index (χ4v) is 2.25. The number of esters is 1. The van der Waals surface area contributed by atoms with Crippen LogP contribution in [0.1, 0.15) is 21.5 Å². The van der Waals surface area contributed by atoms with Crippen LogP contribution in [0.3, 0.4) is 0 Å². The van der Waals surface area contributed by atoms with Gasteiger partial charge < -0.3 is 10.1 Å². The summed E-state index contributed by atoms with van der Waals surface area (Å²) in [6.45, 7) is 3.36. The van der Waals surface area contributed by atoms with E-state index in [1.54, 1.807) is 6.07 Å². The average molecular weight is 336 g/mol. The molecule has 1 amide bonds. The molecule has 2 aromatic carbocycles. The molecule has 2 rings (SSSR count). The minimum absolute atomic E-state index is 0.00684. The number of hydrogen-bond acceptors (Lipinski definition) is 3. The van der Waals surface area contributed by atoms with E-state index in [0.29, 0.717) is 5.69 Å². The summed E-state index contributed by atoms with van der Waals surface area (Å²) < 4.78 is 17.8. The van der Waals surface area contributed by atoms with Gasteiger partial charge in [-0.05, 0) is 43.7 Å². The summed E-state index contributed by atoms with van der Waals surface area (Å²) in [6, 6.07) is 8.89. The van der Waals surface area contributed by atoms with E-state index in [1.807, 2.05) is 26.0 Å². The number of carbonyl (C=O) groups is 2. The maximum absolute atomic E-state index is 12.9. The van der Waals surface area contributed by atoms with Crippen molar-refractivity contribution in [2.75, 3.05) is 11.9 Å². The molecule has 0 saturated carbocycles. The molecule has 6 heteroatoms. The second-order valence-corrected chi connectivity index (χ2v) is 5.47. The van der Waals surface area contributed by atoms with Crippen molar-refractivity contribution < 1.29 is 18.7 Å². The van der Waals surface area contributed by atoms with Gasteiger partial charge in [0.2, 0.25) is 0 Å². The topological polar surface area (TPSA) is 55.4 Å². The molecule has 0 bridgehead atoms. The first-order valence-corrected chi connectivity index (χ1v) is 7.24. The summed E-state index contributed by atoms with van der Waals surface area (Å²) in [7, 11) is 0. The van der Waals surface area contributed by atoms with Gasteiger partial charge in [-0.2, -0.15) is 0 Å². The molecule has 0 unspecified atom stereocenters. The number of aryl methyl sites for hydroxylation is 2. The lowest BCUT2D eigenvalue weighted by Crippen LogP contribution is -2.21. The molecule has 0 aliphatic carbocycles. The first-order chi connectivity index (χ1) is 10.9. The van der Waals surface area contributed by atoms with E-state index in [0.717, 1.165) is 23.3 Å². The fraction of sp³-hybridized carbons (Fsp3) is 0.176. The molecule has 0 saturated heterocycles. The molecule has 120 valence electrons. The van der Waals surface area contributed by atoms with Crippen LogP contribution >= 0.6 is 11.6 Å². The van der Waals surface area contributed by atoms with Crippen LogP contribution < -0.4 is 5.32 Å². The van der Waals surface area contributed by atoms with Gasteiger partial charge in [0.15, 0.2) is 6.61 Å². The number of benzene rings is 2. The van der Waals surface area contributed by atoms with Crippen molar-refractivity contribution in [1.29, 1.82) is 0 Å². The molecule has 0 spiro atoms. The van der Waals surface area contributed by atoms with Gasteiger partial charge in [-0.3, -0.25) is 4.79 Å². The van der Waals surface area contributed by atoms with Gasteiger partial charge in [-0.15, -0.1) is 0 Å². The first-order valence-electron chi connectivity index (χ1n) is 6.86. The standard InChI is InChI=1S/C17H15ClFNO3/c1-10-3-6-15(11(2)7-10)20-16(21)9-23-17(22)13-5-4-12(19)8-14(13)18/h3-8H,9H2,1-2H3,(H,20,21). The van der Waals surface area contributed by atoms with Gasteiger partial charge >= 0.3 is 5.97 Å². The first kappa shape index (κ1) is 17.0. The highest BCUT2D eigenvalue weighted by Gasteiger charge is 2.14. The Morgan fingerprint density at radius 3 is 2.57 bits per heavy atom. The molecular formula is C17H15ClFNO3. The molecule has 0 aromatic heterocycles. The maximum Gasteiger partial charge on any atom is 0.340 e. The molecular weight excluding hydrogens is 321 g/mol. The lowest BCUT2D eigenvalue weighted by Gasteiger charge is -2.10. The van der Waals surface area contributed by atoms with Crippen LogP contribution in [-0.2, 0) is 9.53 Å². The van der Waals surface area contributed by atoms with Gasteiger partial charge in [-0.25, -0.2) is 9.18 Å². The molecule has 0 atom stereocenters. The number of rotatable bonds is 4. The van der Waals surface area contributed by atoms with E-state index in [9.17, 15) is 14.0 Å². The summed E-state index contributed by atoms with van der Waals surface area (Å²) in [6.07, 6.45) is 0. The number of amides is 1. The lowest BCUT2D eigenvalue weighted by molar-refractivity contribution is -0.119. The number of nitrogens with one attached hydrogen (secondary N) is 1. The quantitative estimate of drug-likeness (QED) is 0.862. The highest BCUT2D eigenvalue weighted by Crippen LogP contribution is 2.18. The number of hydrogen-bond donors (Lipinski definition) is 1. The molecule has 0 aliphatic rings. The van der Waals surface area contributed by atoms with E-state index in [2.05, 4.69) is 5.32 Å². The van der Waals surface area contributed by atoms with Gasteiger partial charge in [0.05, 0.1) is 10.6 Å². The van der Waals surface area contributed by atoms with Crippen LogP contribution in [-0.4, -0.2) is 18.5 Å². The minimum atomic E-state index is -0.786. The number of halogens is 2. The molecule has 0 aliphatic heterocycles. The van der Waals surface area contributed by atoms with Crippen LogP contribution in [0.15, 0.2) is 36.4 Å². The Morgan fingerprint density at radius 2 is 1.91 bits per heavy atom.